The quantitative estimate of drug-likeness (QED) is 0.846. The zero-order chi connectivity index (χ0) is 16.9. The molecule has 0 bridgehead atoms. The van der Waals surface area contributed by atoms with Crippen LogP contribution in [0.15, 0.2) is 54.6 Å². The van der Waals surface area contributed by atoms with E-state index in [-0.39, 0.29) is 18.1 Å². The summed E-state index contributed by atoms with van der Waals surface area (Å²) in [4.78, 5) is 14.6. The third kappa shape index (κ3) is 4.59. The molecular weight excluding hydrogens is 322 g/mol. The smallest absolute Gasteiger partial charge is 0.227 e. The monoisotopic (exact) mass is 343 g/mol. The fourth-order valence-electron chi connectivity index (χ4n) is 3.13. The van der Waals surface area contributed by atoms with Gasteiger partial charge in [0.2, 0.25) is 5.91 Å². The van der Waals surface area contributed by atoms with Crippen LogP contribution in [0.4, 0.5) is 0 Å². The number of morpholine rings is 1. The molecule has 24 heavy (non-hydrogen) atoms. The van der Waals surface area contributed by atoms with Crippen LogP contribution in [0.2, 0.25) is 5.02 Å². The number of halogens is 1. The third-order valence-electron chi connectivity index (χ3n) is 4.25. The van der Waals surface area contributed by atoms with E-state index in [1.165, 1.54) is 5.56 Å². The number of carbonyl (C=O) groups excluding carboxylic acids is 1. The molecule has 1 heterocycles. The molecule has 2 unspecified atom stereocenters. The summed E-state index contributed by atoms with van der Waals surface area (Å²) >= 11 is 5.90. The molecule has 0 spiro atoms. The first-order valence-corrected chi connectivity index (χ1v) is 8.69. The first kappa shape index (κ1) is 17.0. The van der Waals surface area contributed by atoms with Gasteiger partial charge in [0, 0.05) is 24.5 Å². The summed E-state index contributed by atoms with van der Waals surface area (Å²) in [6, 6.07) is 17.7. The Hall–Kier alpha value is -1.84. The summed E-state index contributed by atoms with van der Waals surface area (Å²) in [6.45, 7) is 3.32. The van der Waals surface area contributed by atoms with Crippen LogP contribution in [-0.2, 0) is 22.4 Å². The minimum atomic E-state index is 0.0466. The van der Waals surface area contributed by atoms with Crippen LogP contribution in [0.5, 0.6) is 0 Å². The fraction of sp³-hybridized carbons (Fsp3) is 0.350. The summed E-state index contributed by atoms with van der Waals surface area (Å²) in [6.07, 6.45) is 1.34. The lowest BCUT2D eigenvalue weighted by molar-refractivity contribution is -0.143. The predicted octanol–water partition coefficient (Wildman–Crippen LogP) is 3.74. The maximum atomic E-state index is 12.6. The Labute approximate surface area is 148 Å². The number of ether oxygens (including phenoxy) is 1. The second kappa shape index (κ2) is 7.82. The first-order valence-electron chi connectivity index (χ1n) is 8.32. The largest absolute Gasteiger partial charge is 0.371 e. The fourth-order valence-corrected chi connectivity index (χ4v) is 3.25. The number of hydrogen-bond donors (Lipinski definition) is 0. The Morgan fingerprint density at radius 1 is 1.08 bits per heavy atom. The van der Waals surface area contributed by atoms with Gasteiger partial charge in [0.05, 0.1) is 18.6 Å². The van der Waals surface area contributed by atoms with Crippen molar-refractivity contribution in [3.05, 3.63) is 70.7 Å². The van der Waals surface area contributed by atoms with Crippen LogP contribution in [0.1, 0.15) is 18.1 Å². The highest BCUT2D eigenvalue weighted by atomic mass is 35.5. The van der Waals surface area contributed by atoms with E-state index >= 15 is 0 Å². The average molecular weight is 344 g/mol. The molecule has 0 radical (unpaired) electrons. The van der Waals surface area contributed by atoms with Gasteiger partial charge >= 0.3 is 0 Å². The van der Waals surface area contributed by atoms with Gasteiger partial charge < -0.3 is 9.64 Å². The Bertz CT molecular complexity index is 672. The van der Waals surface area contributed by atoms with Gasteiger partial charge in [-0.3, -0.25) is 4.79 Å². The molecule has 1 aliphatic heterocycles. The highest BCUT2D eigenvalue weighted by Crippen LogP contribution is 2.17. The van der Waals surface area contributed by atoms with E-state index in [1.54, 1.807) is 0 Å². The molecule has 4 heteroatoms. The summed E-state index contributed by atoms with van der Waals surface area (Å²) in [5.74, 6) is 0.144. The standard InChI is InChI=1S/C20H22ClNO2/c1-15-13-22(20(23)12-17-7-9-18(21)10-8-17)14-19(24-15)11-16-5-3-2-4-6-16/h2-10,15,19H,11-14H2,1H3. The third-order valence-corrected chi connectivity index (χ3v) is 4.51. The molecule has 1 aliphatic rings. The normalized spacial score (nSPS) is 20.8. The first-order chi connectivity index (χ1) is 11.6. The number of carbonyl (C=O) groups is 1. The molecule has 3 rings (SSSR count). The molecule has 0 aliphatic carbocycles. The van der Waals surface area contributed by atoms with Crippen molar-refractivity contribution in [3.63, 3.8) is 0 Å². The van der Waals surface area contributed by atoms with Crippen molar-refractivity contribution in [2.24, 2.45) is 0 Å². The minimum absolute atomic E-state index is 0.0466. The van der Waals surface area contributed by atoms with Crippen molar-refractivity contribution in [2.75, 3.05) is 13.1 Å². The molecule has 1 amide bonds. The number of hydrogen-bond acceptors (Lipinski definition) is 2. The van der Waals surface area contributed by atoms with Crippen LogP contribution in [0, 0.1) is 0 Å². The number of rotatable bonds is 4. The topological polar surface area (TPSA) is 29.5 Å². The lowest BCUT2D eigenvalue weighted by Crippen LogP contribution is -2.50. The van der Waals surface area contributed by atoms with Crippen LogP contribution < -0.4 is 0 Å². The maximum absolute atomic E-state index is 12.6. The second-order valence-corrected chi connectivity index (χ2v) is 6.80. The van der Waals surface area contributed by atoms with Gasteiger partial charge in [0.25, 0.3) is 0 Å². The van der Waals surface area contributed by atoms with E-state index in [0.29, 0.717) is 24.5 Å². The number of benzene rings is 2. The highest BCUT2D eigenvalue weighted by molar-refractivity contribution is 6.30. The minimum Gasteiger partial charge on any atom is -0.371 e. The van der Waals surface area contributed by atoms with Crippen molar-refractivity contribution in [1.82, 2.24) is 4.90 Å². The summed E-state index contributed by atoms with van der Waals surface area (Å²) in [7, 11) is 0. The van der Waals surface area contributed by atoms with Crippen molar-refractivity contribution in [3.8, 4) is 0 Å². The molecule has 126 valence electrons. The van der Waals surface area contributed by atoms with Gasteiger partial charge in [-0.25, -0.2) is 0 Å². The Balaban J connectivity index is 1.62. The van der Waals surface area contributed by atoms with Crippen molar-refractivity contribution in [1.29, 1.82) is 0 Å². The molecule has 1 fully saturated rings. The van der Waals surface area contributed by atoms with E-state index in [4.69, 9.17) is 16.3 Å². The molecule has 2 atom stereocenters. The van der Waals surface area contributed by atoms with Gasteiger partial charge in [-0.2, -0.15) is 0 Å². The van der Waals surface area contributed by atoms with Gasteiger partial charge in [-0.15, -0.1) is 0 Å². The lowest BCUT2D eigenvalue weighted by atomic mass is 10.0. The Morgan fingerprint density at radius 3 is 2.50 bits per heavy atom. The SMILES string of the molecule is CC1CN(C(=O)Cc2ccc(Cl)cc2)CC(Cc2ccccc2)O1. The van der Waals surface area contributed by atoms with E-state index in [0.717, 1.165) is 12.0 Å². The van der Waals surface area contributed by atoms with E-state index < -0.39 is 0 Å². The number of nitrogens with zero attached hydrogens (tertiary/aromatic N) is 1. The summed E-state index contributed by atoms with van der Waals surface area (Å²) in [5.41, 5.74) is 2.23. The van der Waals surface area contributed by atoms with Crippen molar-refractivity contribution < 1.29 is 9.53 Å². The van der Waals surface area contributed by atoms with Gasteiger partial charge in [-0.1, -0.05) is 54.1 Å². The second-order valence-electron chi connectivity index (χ2n) is 6.36. The zero-order valence-electron chi connectivity index (χ0n) is 13.8. The van der Waals surface area contributed by atoms with Crippen molar-refractivity contribution in [2.45, 2.75) is 32.0 Å². The van der Waals surface area contributed by atoms with Gasteiger partial charge in [0.15, 0.2) is 0 Å². The maximum Gasteiger partial charge on any atom is 0.227 e. The van der Waals surface area contributed by atoms with E-state index in [9.17, 15) is 4.79 Å². The number of amides is 1. The molecule has 1 saturated heterocycles. The molecule has 3 nitrogen and oxygen atoms in total. The molecule has 0 aromatic heterocycles. The molecule has 2 aromatic carbocycles. The Kier molecular flexibility index (Phi) is 5.54. The van der Waals surface area contributed by atoms with Crippen LogP contribution in [0.3, 0.4) is 0 Å². The molecular formula is C20H22ClNO2. The van der Waals surface area contributed by atoms with Crippen LogP contribution in [0.25, 0.3) is 0 Å². The predicted molar refractivity (Wildman–Crippen MR) is 96.2 cm³/mol. The average Bonchev–Trinajstić information content (AvgIpc) is 2.57. The molecule has 0 N–H and O–H groups in total. The highest BCUT2D eigenvalue weighted by Gasteiger charge is 2.28. The van der Waals surface area contributed by atoms with Crippen LogP contribution in [-0.4, -0.2) is 36.1 Å². The molecule has 2 aromatic rings. The summed E-state index contributed by atoms with van der Waals surface area (Å²) in [5, 5.41) is 0.689. The van der Waals surface area contributed by atoms with Crippen LogP contribution >= 0.6 is 11.6 Å². The lowest BCUT2D eigenvalue weighted by Gasteiger charge is -2.37. The Morgan fingerprint density at radius 2 is 1.79 bits per heavy atom. The van der Waals surface area contributed by atoms with Gasteiger partial charge in [-0.05, 0) is 30.2 Å². The zero-order valence-corrected chi connectivity index (χ0v) is 14.6. The summed E-state index contributed by atoms with van der Waals surface area (Å²) < 4.78 is 6.03. The van der Waals surface area contributed by atoms with E-state index in [1.807, 2.05) is 54.3 Å². The van der Waals surface area contributed by atoms with E-state index in [2.05, 4.69) is 12.1 Å². The van der Waals surface area contributed by atoms with Crippen molar-refractivity contribution >= 4 is 17.5 Å². The molecule has 0 saturated carbocycles. The van der Waals surface area contributed by atoms with Gasteiger partial charge in [0.1, 0.15) is 0 Å².